The molecule has 1 amide bonds. The molecule has 2 aromatic carbocycles. The van der Waals surface area contributed by atoms with E-state index < -0.39 is 0 Å². The molecule has 0 atom stereocenters. The van der Waals surface area contributed by atoms with Gasteiger partial charge in [0.15, 0.2) is 0 Å². The fourth-order valence-corrected chi connectivity index (χ4v) is 2.40. The molecule has 0 saturated carbocycles. The first-order chi connectivity index (χ1) is 10.5. The SMILES string of the molecule is CCC(=O)Nc1cccc(Cl)c1COc1ccc(C)cc1C. The van der Waals surface area contributed by atoms with Gasteiger partial charge in [-0.25, -0.2) is 0 Å². The lowest BCUT2D eigenvalue weighted by Crippen LogP contribution is -2.12. The molecule has 0 aliphatic rings. The highest BCUT2D eigenvalue weighted by Crippen LogP contribution is 2.27. The Bertz CT molecular complexity index is 683. The van der Waals surface area contributed by atoms with Gasteiger partial charge in [0.05, 0.1) is 0 Å². The minimum absolute atomic E-state index is 0.0463. The summed E-state index contributed by atoms with van der Waals surface area (Å²) in [5.41, 5.74) is 3.75. The van der Waals surface area contributed by atoms with E-state index in [9.17, 15) is 4.79 Å². The molecule has 22 heavy (non-hydrogen) atoms. The van der Waals surface area contributed by atoms with E-state index in [1.165, 1.54) is 5.56 Å². The first-order valence-corrected chi connectivity index (χ1v) is 7.66. The van der Waals surface area contributed by atoms with E-state index in [2.05, 4.69) is 11.4 Å². The van der Waals surface area contributed by atoms with Crippen molar-refractivity contribution in [1.82, 2.24) is 0 Å². The summed E-state index contributed by atoms with van der Waals surface area (Å²) in [5.74, 6) is 0.772. The number of benzene rings is 2. The molecule has 116 valence electrons. The second-order valence-electron chi connectivity index (χ2n) is 5.23. The Hall–Kier alpha value is -2.00. The van der Waals surface area contributed by atoms with Gasteiger partial charge in [0.25, 0.3) is 0 Å². The van der Waals surface area contributed by atoms with Crippen LogP contribution in [0.2, 0.25) is 5.02 Å². The van der Waals surface area contributed by atoms with Gasteiger partial charge in [0.1, 0.15) is 12.4 Å². The minimum atomic E-state index is -0.0463. The van der Waals surface area contributed by atoms with Crippen LogP contribution in [0.1, 0.15) is 30.0 Å². The molecule has 2 aromatic rings. The van der Waals surface area contributed by atoms with Gasteiger partial charge in [-0.05, 0) is 37.6 Å². The predicted molar refractivity (Wildman–Crippen MR) is 90.6 cm³/mol. The van der Waals surface area contributed by atoms with Crippen LogP contribution in [0.4, 0.5) is 5.69 Å². The zero-order valence-corrected chi connectivity index (χ0v) is 13.8. The van der Waals surface area contributed by atoms with Crippen LogP contribution in [0.25, 0.3) is 0 Å². The van der Waals surface area contributed by atoms with E-state index in [1.807, 2.05) is 45.0 Å². The number of hydrogen-bond acceptors (Lipinski definition) is 2. The molecule has 1 N–H and O–H groups in total. The molecule has 0 spiro atoms. The average molecular weight is 318 g/mol. The van der Waals surface area contributed by atoms with E-state index in [4.69, 9.17) is 16.3 Å². The minimum Gasteiger partial charge on any atom is -0.488 e. The van der Waals surface area contributed by atoms with Crippen molar-refractivity contribution >= 4 is 23.2 Å². The van der Waals surface area contributed by atoms with Crippen molar-refractivity contribution in [3.05, 3.63) is 58.1 Å². The third-order valence-corrected chi connectivity index (χ3v) is 3.77. The average Bonchev–Trinajstić information content (AvgIpc) is 2.48. The lowest BCUT2D eigenvalue weighted by molar-refractivity contribution is -0.115. The highest BCUT2D eigenvalue weighted by molar-refractivity contribution is 6.31. The molecular weight excluding hydrogens is 298 g/mol. The predicted octanol–water partition coefficient (Wildman–Crippen LogP) is 4.88. The van der Waals surface area contributed by atoms with Gasteiger partial charge in [-0.15, -0.1) is 0 Å². The Balaban J connectivity index is 2.19. The third-order valence-electron chi connectivity index (χ3n) is 3.42. The van der Waals surface area contributed by atoms with Crippen LogP contribution in [-0.4, -0.2) is 5.91 Å². The largest absolute Gasteiger partial charge is 0.488 e. The summed E-state index contributed by atoms with van der Waals surface area (Å²) in [7, 11) is 0. The van der Waals surface area contributed by atoms with Gasteiger partial charge < -0.3 is 10.1 Å². The zero-order chi connectivity index (χ0) is 16.1. The third kappa shape index (κ3) is 4.01. The number of carbonyl (C=O) groups is 1. The summed E-state index contributed by atoms with van der Waals surface area (Å²) in [6, 6.07) is 11.5. The number of ether oxygens (including phenoxy) is 1. The Kier molecular flexibility index (Phi) is 5.45. The molecular formula is C18H20ClNO2. The standard InChI is InChI=1S/C18H20ClNO2/c1-4-18(21)20-16-7-5-6-15(19)14(16)11-22-17-9-8-12(2)10-13(17)3/h5-10H,4,11H2,1-3H3,(H,20,21). The van der Waals surface area contributed by atoms with Crippen LogP contribution in [0, 0.1) is 13.8 Å². The lowest BCUT2D eigenvalue weighted by atomic mass is 10.1. The summed E-state index contributed by atoms with van der Waals surface area (Å²) in [6.07, 6.45) is 0.421. The number of aryl methyl sites for hydroxylation is 2. The van der Waals surface area contributed by atoms with Gasteiger partial charge in [0, 0.05) is 22.7 Å². The zero-order valence-electron chi connectivity index (χ0n) is 13.1. The van der Waals surface area contributed by atoms with Crippen molar-refractivity contribution in [3.63, 3.8) is 0 Å². The molecule has 0 aliphatic carbocycles. The number of carbonyl (C=O) groups excluding carboxylic acids is 1. The second kappa shape index (κ2) is 7.32. The Morgan fingerprint density at radius 1 is 1.23 bits per heavy atom. The first kappa shape index (κ1) is 16.4. The summed E-state index contributed by atoms with van der Waals surface area (Å²) in [4.78, 5) is 11.6. The maximum absolute atomic E-state index is 11.6. The van der Waals surface area contributed by atoms with Gasteiger partial charge in [-0.2, -0.15) is 0 Å². The summed E-state index contributed by atoms with van der Waals surface area (Å²) in [5, 5.41) is 3.44. The summed E-state index contributed by atoms with van der Waals surface area (Å²) < 4.78 is 5.88. The molecule has 0 fully saturated rings. The van der Waals surface area contributed by atoms with Crippen molar-refractivity contribution in [3.8, 4) is 5.75 Å². The van der Waals surface area contributed by atoms with Gasteiger partial charge >= 0.3 is 0 Å². The molecule has 0 unspecified atom stereocenters. The highest BCUT2D eigenvalue weighted by Gasteiger charge is 2.11. The molecule has 0 aromatic heterocycles. The molecule has 0 aliphatic heterocycles. The van der Waals surface area contributed by atoms with Crippen LogP contribution in [0.5, 0.6) is 5.75 Å². The summed E-state index contributed by atoms with van der Waals surface area (Å²) >= 11 is 6.26. The van der Waals surface area contributed by atoms with E-state index in [0.29, 0.717) is 23.7 Å². The van der Waals surface area contributed by atoms with Gasteiger partial charge in [-0.3, -0.25) is 4.79 Å². The van der Waals surface area contributed by atoms with E-state index in [-0.39, 0.29) is 5.91 Å². The summed E-state index contributed by atoms with van der Waals surface area (Å²) in [6.45, 7) is 6.17. The number of hydrogen-bond donors (Lipinski definition) is 1. The molecule has 3 nitrogen and oxygen atoms in total. The fraction of sp³-hybridized carbons (Fsp3) is 0.278. The molecule has 4 heteroatoms. The maximum Gasteiger partial charge on any atom is 0.224 e. The van der Waals surface area contributed by atoms with Gasteiger partial charge in [0.2, 0.25) is 5.91 Å². The van der Waals surface area contributed by atoms with Crippen LogP contribution in [0.3, 0.4) is 0 Å². The Morgan fingerprint density at radius 2 is 2.00 bits per heavy atom. The molecule has 0 saturated heterocycles. The molecule has 0 bridgehead atoms. The van der Waals surface area contributed by atoms with Crippen LogP contribution >= 0.6 is 11.6 Å². The van der Waals surface area contributed by atoms with Crippen LogP contribution in [0.15, 0.2) is 36.4 Å². The normalized spacial score (nSPS) is 10.4. The fourth-order valence-electron chi connectivity index (χ4n) is 2.17. The van der Waals surface area contributed by atoms with E-state index in [0.717, 1.165) is 16.9 Å². The molecule has 0 heterocycles. The monoisotopic (exact) mass is 317 g/mol. The smallest absolute Gasteiger partial charge is 0.224 e. The van der Waals surface area contributed by atoms with Crippen LogP contribution in [-0.2, 0) is 11.4 Å². The number of amides is 1. The van der Waals surface area contributed by atoms with E-state index >= 15 is 0 Å². The lowest BCUT2D eigenvalue weighted by Gasteiger charge is -2.15. The number of anilines is 1. The number of halogens is 1. The van der Waals surface area contributed by atoms with Crippen molar-refractivity contribution in [2.75, 3.05) is 5.32 Å². The van der Waals surface area contributed by atoms with Gasteiger partial charge in [-0.1, -0.05) is 42.3 Å². The number of rotatable bonds is 5. The van der Waals surface area contributed by atoms with Crippen molar-refractivity contribution in [2.24, 2.45) is 0 Å². The Labute approximate surface area is 136 Å². The quantitative estimate of drug-likeness (QED) is 0.853. The maximum atomic E-state index is 11.6. The first-order valence-electron chi connectivity index (χ1n) is 7.28. The highest BCUT2D eigenvalue weighted by atomic mass is 35.5. The van der Waals surface area contributed by atoms with Crippen molar-refractivity contribution in [1.29, 1.82) is 0 Å². The topological polar surface area (TPSA) is 38.3 Å². The van der Waals surface area contributed by atoms with Crippen molar-refractivity contribution in [2.45, 2.75) is 33.8 Å². The number of nitrogens with one attached hydrogen (secondary N) is 1. The van der Waals surface area contributed by atoms with E-state index in [1.54, 1.807) is 6.07 Å². The Morgan fingerprint density at radius 3 is 2.68 bits per heavy atom. The van der Waals surface area contributed by atoms with Crippen molar-refractivity contribution < 1.29 is 9.53 Å². The molecule has 2 rings (SSSR count). The molecule has 0 radical (unpaired) electrons. The second-order valence-corrected chi connectivity index (χ2v) is 5.63. The van der Waals surface area contributed by atoms with Crippen LogP contribution < -0.4 is 10.1 Å².